The second-order valence-electron chi connectivity index (χ2n) is 13.0. The van der Waals surface area contributed by atoms with Crippen molar-refractivity contribution in [1.82, 2.24) is 9.55 Å². The van der Waals surface area contributed by atoms with Gasteiger partial charge in [-0.25, -0.2) is 4.98 Å². The van der Waals surface area contributed by atoms with Gasteiger partial charge in [0.1, 0.15) is 12.4 Å². The van der Waals surface area contributed by atoms with Gasteiger partial charge in [-0.1, -0.05) is 68.8 Å². The number of hydrogen-bond donors (Lipinski definition) is 1. The second-order valence-corrected chi connectivity index (χ2v) is 13.5. The minimum absolute atomic E-state index is 0.125. The molecular weight excluding hydrogens is 544 g/mol. The van der Waals surface area contributed by atoms with E-state index in [9.17, 15) is 9.90 Å². The van der Waals surface area contributed by atoms with Crippen molar-refractivity contribution in [2.75, 3.05) is 0 Å². The monoisotopic (exact) mass is 582 g/mol. The van der Waals surface area contributed by atoms with Gasteiger partial charge in [0.05, 0.1) is 16.6 Å². The Kier molecular flexibility index (Phi) is 8.34. The van der Waals surface area contributed by atoms with Crippen LogP contribution in [0.3, 0.4) is 0 Å². The Hall–Kier alpha value is -3.83. The summed E-state index contributed by atoms with van der Waals surface area (Å²) in [6.45, 7) is 11.3. The summed E-state index contributed by atoms with van der Waals surface area (Å²) >= 11 is 6.18. The number of hydrogen-bond acceptors (Lipinski definition) is 3. The maximum absolute atomic E-state index is 12.3. The maximum atomic E-state index is 12.3. The predicted molar refractivity (Wildman–Crippen MR) is 171 cm³/mol. The highest BCUT2D eigenvalue weighted by atomic mass is 35.5. The van der Waals surface area contributed by atoms with Crippen molar-refractivity contribution in [1.29, 1.82) is 0 Å². The minimum atomic E-state index is -0.927. The lowest BCUT2D eigenvalue weighted by atomic mass is 9.84. The van der Waals surface area contributed by atoms with Gasteiger partial charge in [0.25, 0.3) is 0 Å². The predicted octanol–water partition coefficient (Wildman–Crippen LogP) is 9.10. The molecule has 0 spiro atoms. The number of halogens is 1. The minimum Gasteiger partial charge on any atom is -0.487 e. The molecule has 5 aromatic rings. The third kappa shape index (κ3) is 6.79. The summed E-state index contributed by atoms with van der Waals surface area (Å²) in [5.74, 6) is -0.0402. The van der Waals surface area contributed by atoms with Crippen LogP contribution in [-0.4, -0.2) is 20.6 Å². The molecule has 0 atom stereocenters. The summed E-state index contributed by atoms with van der Waals surface area (Å²) in [5.41, 5.74) is 5.44. The highest BCUT2D eigenvalue weighted by molar-refractivity contribution is 6.30. The van der Waals surface area contributed by atoms with Crippen molar-refractivity contribution in [2.45, 2.75) is 67.0 Å². The van der Waals surface area contributed by atoms with Gasteiger partial charge in [0, 0.05) is 40.0 Å². The number of aromatic nitrogens is 2. The van der Waals surface area contributed by atoms with Gasteiger partial charge in [0.15, 0.2) is 0 Å². The van der Waals surface area contributed by atoms with Crippen molar-refractivity contribution in [2.24, 2.45) is 10.8 Å². The summed E-state index contributed by atoms with van der Waals surface area (Å²) in [6, 6.07) is 26.2. The van der Waals surface area contributed by atoms with E-state index < -0.39 is 11.4 Å². The number of aryl methyl sites for hydroxylation is 1. The zero-order chi connectivity index (χ0) is 30.1. The average molecular weight is 583 g/mol. The molecule has 0 fully saturated rings. The van der Waals surface area contributed by atoms with Gasteiger partial charge in [-0.05, 0) is 85.7 Å². The van der Waals surface area contributed by atoms with Gasteiger partial charge in [0.2, 0.25) is 0 Å². The Morgan fingerprint density at radius 3 is 2.40 bits per heavy atom. The summed E-state index contributed by atoms with van der Waals surface area (Å²) in [5, 5.41) is 13.0. The number of benzene rings is 3. The number of aliphatic carboxylic acids is 1. The number of nitrogens with zero attached hydrogens (tertiary/aromatic N) is 2. The SMILES string of the molecule is CC(C)(C)CCc1c(CC(C)(C)C(=O)O)n(Cc2ccc(Cl)cc2)c2ccc(OCc3ccc4ccccc4n3)cc12. The van der Waals surface area contributed by atoms with Crippen LogP contribution in [0.5, 0.6) is 5.75 Å². The molecule has 0 aliphatic heterocycles. The summed E-state index contributed by atoms with van der Waals surface area (Å²) < 4.78 is 8.58. The van der Waals surface area contributed by atoms with Gasteiger partial charge in [-0.3, -0.25) is 4.79 Å². The topological polar surface area (TPSA) is 64.3 Å². The van der Waals surface area contributed by atoms with Crippen LogP contribution in [0, 0.1) is 10.8 Å². The number of rotatable bonds is 10. The average Bonchev–Trinajstić information content (AvgIpc) is 3.21. The zero-order valence-corrected chi connectivity index (χ0v) is 25.8. The van der Waals surface area contributed by atoms with E-state index in [-0.39, 0.29) is 5.41 Å². The fraction of sp³-hybridized carbons (Fsp3) is 0.333. The number of ether oxygens (including phenoxy) is 1. The van der Waals surface area contributed by atoms with E-state index in [0.717, 1.165) is 57.3 Å². The Bertz CT molecular complexity index is 1730. The van der Waals surface area contributed by atoms with Crippen LogP contribution in [0.15, 0.2) is 78.9 Å². The number of carbonyl (C=O) groups is 1. The molecule has 5 nitrogen and oxygen atoms in total. The highest BCUT2D eigenvalue weighted by Crippen LogP contribution is 2.37. The molecule has 0 aliphatic carbocycles. The van der Waals surface area contributed by atoms with E-state index in [1.54, 1.807) is 13.8 Å². The van der Waals surface area contributed by atoms with Crippen molar-refractivity contribution >= 4 is 39.4 Å². The van der Waals surface area contributed by atoms with Crippen LogP contribution in [0.25, 0.3) is 21.8 Å². The molecule has 1 N–H and O–H groups in total. The standard InChI is InChI=1S/C36H39ClN2O3/c1-35(2,3)19-18-29-30-20-28(42-23-27-15-12-25-8-6-7-9-31(25)38-27)16-17-32(30)39(22-24-10-13-26(37)14-11-24)33(29)21-36(4,5)34(40)41/h6-17,20H,18-19,21-23H2,1-5H3,(H,40,41). The molecule has 0 aliphatic rings. The smallest absolute Gasteiger partial charge is 0.309 e. The van der Waals surface area contributed by atoms with E-state index in [2.05, 4.69) is 49.6 Å². The second kappa shape index (κ2) is 11.8. The Morgan fingerprint density at radius 1 is 0.952 bits per heavy atom. The number of carboxylic acid groups (broad SMARTS) is 1. The Labute approximate surface area is 253 Å². The maximum Gasteiger partial charge on any atom is 0.309 e. The van der Waals surface area contributed by atoms with Crippen LogP contribution in [0.4, 0.5) is 0 Å². The van der Waals surface area contributed by atoms with Crippen LogP contribution < -0.4 is 4.74 Å². The summed E-state index contributed by atoms with van der Waals surface area (Å²) in [6.07, 6.45) is 2.23. The number of carboxylic acids is 1. The summed E-state index contributed by atoms with van der Waals surface area (Å²) in [7, 11) is 0. The Balaban J connectivity index is 1.57. The molecule has 2 aromatic heterocycles. The quantitative estimate of drug-likeness (QED) is 0.178. The molecule has 0 bridgehead atoms. The molecule has 0 radical (unpaired) electrons. The molecule has 0 saturated heterocycles. The molecule has 3 aromatic carbocycles. The first kappa shape index (κ1) is 29.7. The van der Waals surface area contributed by atoms with E-state index in [0.29, 0.717) is 24.6 Å². The third-order valence-corrected chi connectivity index (χ3v) is 8.12. The molecule has 0 amide bonds. The van der Waals surface area contributed by atoms with E-state index in [4.69, 9.17) is 21.3 Å². The van der Waals surface area contributed by atoms with Gasteiger partial charge < -0.3 is 14.4 Å². The highest BCUT2D eigenvalue weighted by Gasteiger charge is 2.31. The normalized spacial score (nSPS) is 12.2. The molecular formula is C36H39ClN2O3. The van der Waals surface area contributed by atoms with Crippen molar-refractivity contribution < 1.29 is 14.6 Å². The lowest BCUT2D eigenvalue weighted by Crippen LogP contribution is -2.28. The van der Waals surface area contributed by atoms with Gasteiger partial charge >= 0.3 is 5.97 Å². The van der Waals surface area contributed by atoms with Crippen LogP contribution >= 0.6 is 11.6 Å². The number of pyridine rings is 1. The van der Waals surface area contributed by atoms with Crippen molar-refractivity contribution in [3.8, 4) is 5.75 Å². The largest absolute Gasteiger partial charge is 0.487 e. The molecule has 6 heteroatoms. The fourth-order valence-corrected chi connectivity index (χ4v) is 5.45. The zero-order valence-electron chi connectivity index (χ0n) is 25.1. The first-order valence-corrected chi connectivity index (χ1v) is 14.9. The van der Waals surface area contributed by atoms with Crippen LogP contribution in [-0.2, 0) is 30.8 Å². The first-order valence-electron chi connectivity index (χ1n) is 14.5. The van der Waals surface area contributed by atoms with Crippen LogP contribution in [0.1, 0.15) is 63.6 Å². The van der Waals surface area contributed by atoms with E-state index in [1.165, 1.54) is 5.56 Å². The van der Waals surface area contributed by atoms with Gasteiger partial charge in [-0.2, -0.15) is 0 Å². The molecule has 2 heterocycles. The van der Waals surface area contributed by atoms with E-state index in [1.807, 2.05) is 54.6 Å². The fourth-order valence-electron chi connectivity index (χ4n) is 5.32. The molecule has 218 valence electrons. The summed E-state index contributed by atoms with van der Waals surface area (Å²) in [4.78, 5) is 17.0. The lowest BCUT2D eigenvalue weighted by molar-refractivity contribution is -0.146. The molecule has 5 rings (SSSR count). The van der Waals surface area contributed by atoms with Crippen molar-refractivity contribution in [3.05, 3.63) is 106 Å². The van der Waals surface area contributed by atoms with Crippen LogP contribution in [0.2, 0.25) is 5.02 Å². The van der Waals surface area contributed by atoms with Gasteiger partial charge in [-0.15, -0.1) is 0 Å². The number of fused-ring (bicyclic) bond motifs is 2. The molecule has 0 unspecified atom stereocenters. The Morgan fingerprint density at radius 2 is 1.69 bits per heavy atom. The first-order chi connectivity index (χ1) is 19.9. The van der Waals surface area contributed by atoms with Crippen molar-refractivity contribution in [3.63, 3.8) is 0 Å². The molecule has 42 heavy (non-hydrogen) atoms. The van der Waals surface area contributed by atoms with E-state index >= 15 is 0 Å². The number of para-hydroxylation sites is 1. The molecule has 0 saturated carbocycles. The lowest BCUT2D eigenvalue weighted by Gasteiger charge is -2.23. The third-order valence-electron chi connectivity index (χ3n) is 7.87.